The van der Waals surface area contributed by atoms with Gasteiger partial charge in [-0.3, -0.25) is 4.79 Å². The molecule has 1 aliphatic rings. The van der Waals surface area contributed by atoms with Crippen molar-refractivity contribution in [3.05, 3.63) is 65.3 Å². The van der Waals surface area contributed by atoms with E-state index in [1.165, 1.54) is 16.3 Å². The van der Waals surface area contributed by atoms with Crippen molar-refractivity contribution in [3.63, 3.8) is 0 Å². The van der Waals surface area contributed by atoms with Crippen LogP contribution in [0.15, 0.2) is 54.7 Å². The number of rotatable bonds is 4. The number of hydrogen-bond donors (Lipinski definition) is 2. The highest BCUT2D eigenvalue weighted by atomic mass is 35.5. The Bertz CT molecular complexity index is 989. The Hall–Kier alpha value is -2.58. The molecule has 4 rings (SSSR count). The van der Waals surface area contributed by atoms with Gasteiger partial charge in [0, 0.05) is 56.1 Å². The number of anilines is 2. The number of hydrogen-bond acceptors (Lipinski definition) is 6. The number of thiocarbonyl (C=S) groups is 1. The maximum atomic E-state index is 10.4. The van der Waals surface area contributed by atoms with Gasteiger partial charge < -0.3 is 20.2 Å². The number of fused-ring (bicyclic) bond motifs is 1. The second-order valence-corrected chi connectivity index (χ2v) is 7.41. The Balaban J connectivity index is 0.000000216. The van der Waals surface area contributed by atoms with Gasteiger partial charge in [0.15, 0.2) is 6.29 Å². The van der Waals surface area contributed by atoms with E-state index in [-0.39, 0.29) is 0 Å². The lowest BCUT2D eigenvalue weighted by molar-refractivity contribution is 0.112. The number of benzene rings is 2. The van der Waals surface area contributed by atoms with E-state index in [1.807, 2.05) is 6.20 Å². The van der Waals surface area contributed by atoms with Crippen molar-refractivity contribution < 1.29 is 9.90 Å². The Labute approximate surface area is 193 Å². The summed E-state index contributed by atoms with van der Waals surface area (Å²) in [5.41, 5.74) is 2.64. The van der Waals surface area contributed by atoms with E-state index in [0.29, 0.717) is 16.9 Å². The molecule has 3 aromatic rings. The van der Waals surface area contributed by atoms with E-state index in [1.54, 1.807) is 18.2 Å². The molecule has 0 amide bonds. The minimum absolute atomic E-state index is 0.423. The number of aldehydes is 1. The number of likely N-dealkylation sites (N-methyl/N-ethyl adjacent to an activating group) is 1. The fourth-order valence-electron chi connectivity index (χ4n) is 3.15. The van der Waals surface area contributed by atoms with Crippen LogP contribution in [0.3, 0.4) is 0 Å². The third kappa shape index (κ3) is 6.97. The third-order valence-electron chi connectivity index (χ3n) is 4.81. The average molecular weight is 459 g/mol. The SMILES string of the molecule is CN1CCN(c2nccc3ccccc23)CC1.CO.O=Cc1ccc(NC=S)cc1Cl. The van der Waals surface area contributed by atoms with E-state index in [0.717, 1.165) is 44.8 Å². The topological polar surface area (TPSA) is 68.7 Å². The lowest BCUT2D eigenvalue weighted by Gasteiger charge is -2.33. The number of carbonyl (C=O) groups excluding carboxylic acids is 1. The molecular weight excluding hydrogens is 432 g/mol. The maximum absolute atomic E-state index is 10.4. The molecule has 2 aromatic carbocycles. The van der Waals surface area contributed by atoms with Gasteiger partial charge >= 0.3 is 0 Å². The molecule has 0 bridgehead atoms. The minimum Gasteiger partial charge on any atom is -0.400 e. The molecular formula is C23H27ClN4O2S. The number of aliphatic hydroxyl groups is 1. The fourth-order valence-corrected chi connectivity index (χ4v) is 3.52. The molecule has 0 saturated carbocycles. The zero-order valence-electron chi connectivity index (χ0n) is 17.7. The van der Waals surface area contributed by atoms with Gasteiger partial charge in [0.05, 0.1) is 10.5 Å². The number of aliphatic hydroxyl groups excluding tert-OH is 1. The highest BCUT2D eigenvalue weighted by molar-refractivity contribution is 7.79. The summed E-state index contributed by atoms with van der Waals surface area (Å²) in [5, 5.41) is 12.8. The van der Waals surface area contributed by atoms with Gasteiger partial charge in [-0.25, -0.2) is 4.98 Å². The van der Waals surface area contributed by atoms with Gasteiger partial charge in [0.25, 0.3) is 0 Å². The predicted molar refractivity (Wildman–Crippen MR) is 134 cm³/mol. The lowest BCUT2D eigenvalue weighted by Crippen LogP contribution is -2.44. The van der Waals surface area contributed by atoms with Crippen LogP contribution in [-0.2, 0) is 0 Å². The van der Waals surface area contributed by atoms with Gasteiger partial charge in [-0.2, -0.15) is 0 Å². The molecule has 8 heteroatoms. The highest BCUT2D eigenvalue weighted by Gasteiger charge is 2.16. The zero-order chi connectivity index (χ0) is 22.6. The molecule has 0 atom stereocenters. The lowest BCUT2D eigenvalue weighted by atomic mass is 10.1. The Morgan fingerprint density at radius 1 is 1.10 bits per heavy atom. The Morgan fingerprint density at radius 3 is 2.45 bits per heavy atom. The molecule has 2 N–H and O–H groups in total. The number of halogens is 1. The molecule has 0 spiro atoms. The third-order valence-corrected chi connectivity index (χ3v) is 5.25. The van der Waals surface area contributed by atoms with Crippen molar-refractivity contribution in [2.75, 3.05) is 50.6 Å². The van der Waals surface area contributed by atoms with E-state index in [2.05, 4.69) is 69.7 Å². The number of piperazine rings is 1. The number of pyridine rings is 1. The van der Waals surface area contributed by atoms with Gasteiger partial charge in [0.1, 0.15) is 5.82 Å². The number of carbonyl (C=O) groups is 1. The van der Waals surface area contributed by atoms with Crippen LogP contribution in [0.4, 0.5) is 11.5 Å². The number of nitrogens with zero attached hydrogens (tertiary/aromatic N) is 3. The molecule has 1 saturated heterocycles. The van der Waals surface area contributed by atoms with E-state index >= 15 is 0 Å². The Morgan fingerprint density at radius 2 is 1.81 bits per heavy atom. The van der Waals surface area contributed by atoms with Crippen molar-refractivity contribution in [1.82, 2.24) is 9.88 Å². The van der Waals surface area contributed by atoms with Crippen LogP contribution in [-0.4, -0.2) is 67.1 Å². The summed E-state index contributed by atoms with van der Waals surface area (Å²) in [5.74, 6) is 1.14. The van der Waals surface area contributed by atoms with Crippen LogP contribution in [0.1, 0.15) is 10.4 Å². The molecule has 1 aliphatic heterocycles. The molecule has 2 heterocycles. The highest BCUT2D eigenvalue weighted by Crippen LogP contribution is 2.24. The maximum Gasteiger partial charge on any atom is 0.151 e. The summed E-state index contributed by atoms with van der Waals surface area (Å²) in [6, 6.07) is 15.6. The van der Waals surface area contributed by atoms with E-state index < -0.39 is 0 Å². The van der Waals surface area contributed by atoms with Crippen LogP contribution in [0.5, 0.6) is 0 Å². The summed E-state index contributed by atoms with van der Waals surface area (Å²) in [6.07, 6.45) is 2.62. The van der Waals surface area contributed by atoms with Crippen LogP contribution < -0.4 is 10.2 Å². The molecule has 31 heavy (non-hydrogen) atoms. The summed E-state index contributed by atoms with van der Waals surface area (Å²) in [4.78, 5) is 19.7. The van der Waals surface area contributed by atoms with Crippen molar-refractivity contribution >= 4 is 57.9 Å². The van der Waals surface area contributed by atoms with E-state index in [9.17, 15) is 4.79 Å². The van der Waals surface area contributed by atoms with Crippen molar-refractivity contribution in [2.24, 2.45) is 0 Å². The molecule has 1 aromatic heterocycles. The number of nitrogens with one attached hydrogen (secondary N) is 1. The van der Waals surface area contributed by atoms with Crippen LogP contribution >= 0.6 is 23.8 Å². The van der Waals surface area contributed by atoms with Crippen LogP contribution in [0.2, 0.25) is 5.02 Å². The normalized spacial score (nSPS) is 13.4. The second-order valence-electron chi connectivity index (χ2n) is 6.76. The van der Waals surface area contributed by atoms with Crippen molar-refractivity contribution in [2.45, 2.75) is 0 Å². The Kier molecular flexibility index (Phi) is 10.3. The zero-order valence-corrected chi connectivity index (χ0v) is 19.2. The molecule has 0 aliphatic carbocycles. The molecule has 164 valence electrons. The van der Waals surface area contributed by atoms with Gasteiger partial charge in [-0.05, 0) is 36.7 Å². The first-order valence-electron chi connectivity index (χ1n) is 9.79. The molecule has 1 fully saturated rings. The minimum atomic E-state index is 0.423. The quantitative estimate of drug-likeness (QED) is 0.450. The van der Waals surface area contributed by atoms with E-state index in [4.69, 9.17) is 16.7 Å². The average Bonchev–Trinajstić information content (AvgIpc) is 2.81. The first-order chi connectivity index (χ1) is 15.1. The first kappa shape index (κ1) is 24.7. The van der Waals surface area contributed by atoms with Crippen molar-refractivity contribution in [3.8, 4) is 0 Å². The summed E-state index contributed by atoms with van der Waals surface area (Å²) < 4.78 is 0. The predicted octanol–water partition coefficient (Wildman–Crippen LogP) is 4.12. The largest absolute Gasteiger partial charge is 0.400 e. The van der Waals surface area contributed by atoms with Gasteiger partial charge in [-0.15, -0.1) is 0 Å². The van der Waals surface area contributed by atoms with Crippen molar-refractivity contribution in [1.29, 1.82) is 0 Å². The summed E-state index contributed by atoms with van der Waals surface area (Å²) >= 11 is 10.3. The van der Waals surface area contributed by atoms with Gasteiger partial charge in [-0.1, -0.05) is 48.1 Å². The van der Waals surface area contributed by atoms with Crippen LogP contribution in [0, 0.1) is 0 Å². The standard InChI is InChI=1S/C14H17N3.C8H6ClNOS.CH4O/c1-16-8-10-17(11-9-16)14-13-5-3-2-4-12(13)6-7-15-14;9-8-3-7(10-5-12)2-1-6(8)4-11;1-2/h2-7H,8-11H2,1H3;1-5H,(H,10,12);2H,1H3. The summed E-state index contributed by atoms with van der Waals surface area (Å²) in [6.45, 7) is 4.37. The monoisotopic (exact) mass is 458 g/mol. The van der Waals surface area contributed by atoms with Gasteiger partial charge in [0.2, 0.25) is 0 Å². The second kappa shape index (κ2) is 13.0. The summed E-state index contributed by atoms with van der Waals surface area (Å²) in [7, 11) is 3.17. The fraction of sp³-hybridized carbons (Fsp3) is 0.261. The molecule has 6 nitrogen and oxygen atoms in total. The number of aromatic nitrogens is 1. The molecule has 0 unspecified atom stereocenters. The first-order valence-corrected chi connectivity index (χ1v) is 10.6. The molecule has 0 radical (unpaired) electrons. The van der Waals surface area contributed by atoms with Crippen LogP contribution in [0.25, 0.3) is 10.8 Å². The smallest absolute Gasteiger partial charge is 0.151 e.